The van der Waals surface area contributed by atoms with Gasteiger partial charge in [-0.05, 0) is 53.4 Å². The van der Waals surface area contributed by atoms with Gasteiger partial charge in [0.05, 0.1) is 12.2 Å². The van der Waals surface area contributed by atoms with Crippen molar-refractivity contribution in [1.29, 1.82) is 0 Å². The van der Waals surface area contributed by atoms with E-state index in [1.807, 2.05) is 18.2 Å². The topological polar surface area (TPSA) is 131 Å². The number of benzene rings is 2. The van der Waals surface area contributed by atoms with Crippen molar-refractivity contribution >= 4 is 24.3 Å². The molecule has 0 spiro atoms. The van der Waals surface area contributed by atoms with Crippen LogP contribution >= 0.6 is 0 Å². The van der Waals surface area contributed by atoms with Crippen molar-refractivity contribution in [3.63, 3.8) is 0 Å². The molecule has 0 saturated heterocycles. The van der Waals surface area contributed by atoms with Crippen LogP contribution in [-0.2, 0) is 19.4 Å². The Balaban J connectivity index is 1.51. The zero-order valence-electron chi connectivity index (χ0n) is 19.0. The third-order valence-corrected chi connectivity index (χ3v) is 6.69. The number of primary amides is 1. The summed E-state index contributed by atoms with van der Waals surface area (Å²) in [5.74, 6) is 1.70. The number of carbonyl (C=O) groups is 1. The Morgan fingerprint density at radius 3 is 2.82 bits per heavy atom. The van der Waals surface area contributed by atoms with Crippen molar-refractivity contribution in [2.45, 2.75) is 38.6 Å². The van der Waals surface area contributed by atoms with E-state index in [0.717, 1.165) is 47.3 Å². The average Bonchev–Trinajstić information content (AvgIpc) is 3.18. The van der Waals surface area contributed by atoms with Gasteiger partial charge in [-0.3, -0.25) is 4.79 Å². The number of hydrogen-bond acceptors (Lipinski definition) is 7. The van der Waals surface area contributed by atoms with Gasteiger partial charge in [0, 0.05) is 18.0 Å². The first kappa shape index (κ1) is 22.4. The van der Waals surface area contributed by atoms with Gasteiger partial charge in [0.15, 0.2) is 0 Å². The van der Waals surface area contributed by atoms with Gasteiger partial charge in [0.2, 0.25) is 11.8 Å². The molecule has 2 heterocycles. The number of aromatic nitrogens is 2. The van der Waals surface area contributed by atoms with Gasteiger partial charge in [-0.25, -0.2) is 4.98 Å². The fourth-order valence-corrected chi connectivity index (χ4v) is 5.07. The van der Waals surface area contributed by atoms with E-state index in [0.29, 0.717) is 35.9 Å². The molecule has 3 aromatic rings. The summed E-state index contributed by atoms with van der Waals surface area (Å²) in [4.78, 5) is 21.7. The molecule has 34 heavy (non-hydrogen) atoms. The normalized spacial score (nSPS) is 18.6. The molecule has 1 aliphatic heterocycles. The first-order valence-corrected chi connectivity index (χ1v) is 11.6. The van der Waals surface area contributed by atoms with Crippen LogP contribution in [0.25, 0.3) is 0 Å². The molecule has 2 aliphatic rings. The van der Waals surface area contributed by atoms with Crippen molar-refractivity contribution in [3.8, 4) is 5.88 Å². The van der Waals surface area contributed by atoms with Crippen molar-refractivity contribution in [3.05, 3.63) is 76.1 Å². The van der Waals surface area contributed by atoms with Gasteiger partial charge in [-0.15, -0.1) is 0 Å². The van der Waals surface area contributed by atoms with Crippen LogP contribution in [0.5, 0.6) is 5.88 Å². The molecule has 5 rings (SSSR count). The quantitative estimate of drug-likeness (QED) is 0.412. The molecule has 1 aromatic heterocycles. The maximum atomic E-state index is 12.0. The molecule has 0 bridgehead atoms. The number of nitrogens with two attached hydrogens (primary N) is 1. The molecule has 5 N–H and O–H groups in total. The van der Waals surface area contributed by atoms with Gasteiger partial charge in [-0.1, -0.05) is 43.3 Å². The molecule has 2 unspecified atom stereocenters. The lowest BCUT2D eigenvalue weighted by Crippen LogP contribution is -2.30. The highest BCUT2D eigenvalue weighted by molar-refractivity contribution is 6.58. The number of rotatable bonds is 6. The second kappa shape index (κ2) is 9.08. The summed E-state index contributed by atoms with van der Waals surface area (Å²) in [7, 11) is -1.51. The van der Waals surface area contributed by atoms with Crippen molar-refractivity contribution in [2.75, 3.05) is 11.9 Å². The van der Waals surface area contributed by atoms with Crippen LogP contribution in [0.1, 0.15) is 57.7 Å². The van der Waals surface area contributed by atoms with Crippen LogP contribution in [0.3, 0.4) is 0 Å². The summed E-state index contributed by atoms with van der Waals surface area (Å²) in [5, 5.41) is 22.4. The highest BCUT2D eigenvalue weighted by Crippen LogP contribution is 2.43. The van der Waals surface area contributed by atoms with Crippen LogP contribution < -0.4 is 21.3 Å². The number of hydrogen-bond donors (Lipinski definition) is 4. The predicted octanol–water partition coefficient (Wildman–Crippen LogP) is 1.52. The summed E-state index contributed by atoms with van der Waals surface area (Å²) in [6, 6.07) is 12.8. The van der Waals surface area contributed by atoms with Gasteiger partial charge in [0.25, 0.3) is 0 Å². The lowest BCUT2D eigenvalue weighted by atomic mass is 9.79. The molecule has 9 heteroatoms. The highest BCUT2D eigenvalue weighted by Gasteiger charge is 2.36. The van der Waals surface area contributed by atoms with Crippen LogP contribution in [0.2, 0.25) is 0 Å². The second-order valence-corrected chi connectivity index (χ2v) is 9.04. The van der Waals surface area contributed by atoms with E-state index in [2.05, 4.69) is 12.2 Å². The van der Waals surface area contributed by atoms with E-state index in [1.165, 1.54) is 0 Å². The summed E-state index contributed by atoms with van der Waals surface area (Å²) in [6.45, 7) is 3.21. The van der Waals surface area contributed by atoms with Crippen LogP contribution in [0.4, 0.5) is 5.82 Å². The molecule has 174 valence electrons. The number of nitrogens with zero attached hydrogens (tertiary/aromatic N) is 2. The number of nitrogens with one attached hydrogen (secondary N) is 1. The lowest BCUT2D eigenvalue weighted by Gasteiger charge is -2.23. The van der Waals surface area contributed by atoms with Crippen LogP contribution in [0.15, 0.2) is 42.5 Å². The fraction of sp³-hybridized carbons (Fsp3) is 0.320. The third kappa shape index (κ3) is 4.13. The molecular formula is C25H27BN4O4. The Hall–Kier alpha value is -3.43. The SMILES string of the molecule is CC1Cc2c(C(N)=O)cccc2C1c1nc(NCc2cccc(B(O)O)c2)c2c(n1)OCCC2. The van der Waals surface area contributed by atoms with E-state index in [4.69, 9.17) is 20.4 Å². The summed E-state index contributed by atoms with van der Waals surface area (Å²) >= 11 is 0. The summed E-state index contributed by atoms with van der Waals surface area (Å²) in [5.41, 5.74) is 10.5. The zero-order valence-corrected chi connectivity index (χ0v) is 19.0. The Kier molecular flexibility index (Phi) is 5.97. The van der Waals surface area contributed by atoms with Crippen LogP contribution in [0, 0.1) is 5.92 Å². The van der Waals surface area contributed by atoms with Gasteiger partial charge < -0.3 is 25.8 Å². The molecular weight excluding hydrogens is 431 g/mol. The average molecular weight is 458 g/mol. The Morgan fingerprint density at radius 2 is 2.03 bits per heavy atom. The smallest absolute Gasteiger partial charge is 0.477 e. The van der Waals surface area contributed by atoms with Crippen LogP contribution in [-0.4, -0.2) is 39.6 Å². The Morgan fingerprint density at radius 1 is 1.21 bits per heavy atom. The minimum atomic E-state index is -1.51. The maximum absolute atomic E-state index is 12.0. The fourth-order valence-electron chi connectivity index (χ4n) is 5.07. The number of ether oxygens (including phenoxy) is 1. The van der Waals surface area contributed by atoms with E-state index in [9.17, 15) is 14.8 Å². The lowest BCUT2D eigenvalue weighted by molar-refractivity contribution is 0.0999. The zero-order chi connectivity index (χ0) is 23.8. The van der Waals surface area contributed by atoms with E-state index in [1.54, 1.807) is 24.3 Å². The molecule has 1 amide bonds. The van der Waals surface area contributed by atoms with Gasteiger partial charge in [0.1, 0.15) is 11.6 Å². The summed E-state index contributed by atoms with van der Waals surface area (Å²) < 4.78 is 5.92. The first-order chi connectivity index (χ1) is 16.4. The second-order valence-electron chi connectivity index (χ2n) is 9.04. The van der Waals surface area contributed by atoms with E-state index < -0.39 is 13.0 Å². The Bertz CT molecular complexity index is 1250. The van der Waals surface area contributed by atoms with Gasteiger partial charge >= 0.3 is 7.12 Å². The van der Waals surface area contributed by atoms with Crippen molar-refractivity contribution in [1.82, 2.24) is 9.97 Å². The van der Waals surface area contributed by atoms with Crippen molar-refractivity contribution in [2.24, 2.45) is 11.7 Å². The van der Waals surface area contributed by atoms with E-state index >= 15 is 0 Å². The molecule has 1 aliphatic carbocycles. The number of carbonyl (C=O) groups excluding carboxylic acids is 1. The molecule has 2 atom stereocenters. The number of amides is 1. The minimum Gasteiger partial charge on any atom is -0.477 e. The maximum Gasteiger partial charge on any atom is 0.488 e. The molecule has 0 saturated carbocycles. The largest absolute Gasteiger partial charge is 0.488 e. The number of fused-ring (bicyclic) bond motifs is 2. The Labute approximate surface area is 198 Å². The van der Waals surface area contributed by atoms with Gasteiger partial charge in [-0.2, -0.15) is 4.98 Å². The molecule has 8 nitrogen and oxygen atoms in total. The molecule has 0 fully saturated rings. The predicted molar refractivity (Wildman–Crippen MR) is 129 cm³/mol. The molecule has 0 radical (unpaired) electrons. The minimum absolute atomic E-state index is 0.0708. The standard InChI is InChI=1S/C25H27BN4O4/c1-14-11-20-17(7-3-8-18(20)22(27)31)21(14)24-29-23(19-9-4-10-34-25(19)30-24)28-13-15-5-2-6-16(12-15)26(32)33/h2-3,5-8,12,14,21,32-33H,4,9-11,13H2,1H3,(H2,27,31)(H,28,29,30). The molecule has 2 aromatic carbocycles. The summed E-state index contributed by atoms with van der Waals surface area (Å²) in [6.07, 6.45) is 2.44. The third-order valence-electron chi connectivity index (χ3n) is 6.69. The first-order valence-electron chi connectivity index (χ1n) is 11.6. The highest BCUT2D eigenvalue weighted by atomic mass is 16.5. The van der Waals surface area contributed by atoms with Crippen molar-refractivity contribution < 1.29 is 19.6 Å². The number of anilines is 1. The monoisotopic (exact) mass is 458 g/mol. The van der Waals surface area contributed by atoms with E-state index in [-0.39, 0.29) is 11.8 Å².